The lowest BCUT2D eigenvalue weighted by molar-refractivity contribution is -0.142. The Bertz CT molecular complexity index is 5670. The van der Waals surface area contributed by atoms with E-state index in [4.69, 9.17) is 39.5 Å². The van der Waals surface area contributed by atoms with Crippen LogP contribution < -0.4 is 21.4 Å². The molecule has 0 bridgehead atoms. The van der Waals surface area contributed by atoms with Crippen molar-refractivity contribution in [3.63, 3.8) is 0 Å². The van der Waals surface area contributed by atoms with Crippen molar-refractivity contribution >= 4 is 102 Å². The second kappa shape index (κ2) is 40.2. The highest BCUT2D eigenvalue weighted by Gasteiger charge is 2.64. The van der Waals surface area contributed by atoms with Gasteiger partial charge in [-0.2, -0.15) is 39.3 Å². The lowest BCUT2D eigenvalue weighted by atomic mass is 9.49. The van der Waals surface area contributed by atoms with Gasteiger partial charge >= 0.3 is 33.5 Å². The number of hydrogen-bond donors (Lipinski definition) is 3. The summed E-state index contributed by atoms with van der Waals surface area (Å²) in [5, 5.41) is 19.8. The van der Waals surface area contributed by atoms with Gasteiger partial charge in [0.1, 0.15) is 71.5 Å². The smallest absolute Gasteiger partial charge is 0.405 e. The molecule has 0 saturated carbocycles. The number of nitrogens with one attached hydrogen (secondary N) is 3. The number of hydrogen-bond acceptors (Lipinski definition) is 19. The number of benzene rings is 6. The maximum atomic E-state index is 14.5. The monoisotopic (exact) mass is 1980 g/mol. The van der Waals surface area contributed by atoms with E-state index in [-0.39, 0.29) is 96.1 Å². The molecule has 702 valence electrons. The molecule has 6 aromatic carbocycles. The van der Waals surface area contributed by atoms with E-state index in [2.05, 4.69) is 52.3 Å². The molecule has 25 nitrogen and oxygen atoms in total. The van der Waals surface area contributed by atoms with E-state index >= 15 is 0 Å². The molecule has 48 heteroatoms. The third kappa shape index (κ3) is 24.6. The molecule has 6 atom stereocenters. The fraction of sp³-hybridized carbons (Fsp3) is 0.427. The van der Waals surface area contributed by atoms with Gasteiger partial charge in [0.2, 0.25) is 47.8 Å². The summed E-state index contributed by atoms with van der Waals surface area (Å²) in [7, 11) is -14.5. The van der Waals surface area contributed by atoms with Gasteiger partial charge < -0.3 is 43.9 Å². The molecule has 3 amide bonds. The fourth-order valence-corrected chi connectivity index (χ4v) is 18.8. The standard InChI is InChI=1S/C24H28BF3N2O5S.C23H18F6N4O3S.C18H16BrF3N2O3S.C12H24B2O4.C5H2ClF3N2/c1-23(2)24(3,4)35-25(34-23)16-5-10-20(28)15(11-16)13-29-22(31)21-12-18(27)14-30(21)36(32,33)19-8-6-17(26)7-9-19;24-15-2-4-17(5-3-15)37(35,36)33-12-16(25)10-20(33)22(34)30-11-14-9-13(1-6-18(14)26)19-7-8-21(32-31-19)23(27,28)29;19-12-1-6-16(22)11(7-12)9-23-18(25)17-8-14(21)10-24(17)28(26,27)15-4-2-13(20)3-5-15;1-9(2)10(3,4)16-13(15-9)14-17-11(5,6)12(7,8)18-14;6-4-2-1-3(10-11-4)5(7,8)9/h5-11,18,21H,12-14H2,1-4H3,(H,29,31);1-9,16,20H,10-12H2,(H,30,34);1-7,14,17H,8-10H2,(H,23,25);1-8H3;1-2H/t18-,21+;16-,20+;14-,17+;;/m111../s1. The van der Waals surface area contributed by atoms with Gasteiger partial charge in [0.15, 0.2) is 16.5 Å². The minimum Gasteiger partial charge on any atom is -0.405 e. The minimum atomic E-state index is -4.68. The number of aromatic nitrogens is 4. The van der Waals surface area contributed by atoms with Crippen LogP contribution in [0.15, 0.2) is 171 Å². The molecule has 2 aromatic heterocycles. The molecule has 0 spiro atoms. The van der Waals surface area contributed by atoms with Crippen molar-refractivity contribution in [1.82, 2.24) is 49.3 Å². The van der Waals surface area contributed by atoms with E-state index in [9.17, 15) is 105 Å². The number of nitrogens with zero attached hydrogens (tertiary/aromatic N) is 7. The van der Waals surface area contributed by atoms with Crippen LogP contribution >= 0.6 is 27.5 Å². The van der Waals surface area contributed by atoms with Crippen molar-refractivity contribution in [3.8, 4) is 11.3 Å². The molecule has 8 aromatic rings. The number of sulfonamides is 3. The van der Waals surface area contributed by atoms with Crippen LogP contribution in [0.3, 0.4) is 0 Å². The van der Waals surface area contributed by atoms with Gasteiger partial charge in [-0.3, -0.25) is 14.4 Å². The fourth-order valence-electron chi connectivity index (χ4n) is 13.4. The summed E-state index contributed by atoms with van der Waals surface area (Å²) in [5.74, 6) is -6.17. The van der Waals surface area contributed by atoms with E-state index in [1.165, 1.54) is 48.5 Å². The van der Waals surface area contributed by atoms with Crippen LogP contribution in [0.1, 0.15) is 130 Å². The van der Waals surface area contributed by atoms with Crippen molar-refractivity contribution < 1.29 is 133 Å². The molecule has 6 aliphatic heterocycles. The first-order chi connectivity index (χ1) is 60.1. The molecule has 6 fully saturated rings. The molecule has 6 aliphatic rings. The summed E-state index contributed by atoms with van der Waals surface area (Å²) in [4.78, 5) is 37.4. The van der Waals surface area contributed by atoms with Gasteiger partial charge in [0.05, 0.1) is 54.0 Å². The highest BCUT2D eigenvalue weighted by molar-refractivity contribution is 9.10. The number of amides is 3. The van der Waals surface area contributed by atoms with E-state index < -0.39 is 208 Å². The highest BCUT2D eigenvalue weighted by Crippen LogP contribution is 2.44. The molecule has 0 unspecified atom stereocenters. The number of halogens is 17. The summed E-state index contributed by atoms with van der Waals surface area (Å²) in [6, 6.07) is 23.5. The zero-order valence-electron chi connectivity index (χ0n) is 71.4. The molecule has 6 saturated heterocycles. The Hall–Kier alpha value is -8.71. The first-order valence-corrected chi connectivity index (χ1v) is 45.3. The average Bonchev–Trinajstić information content (AvgIpc) is 1.84. The van der Waals surface area contributed by atoms with Crippen LogP contribution in [0.25, 0.3) is 11.3 Å². The maximum absolute atomic E-state index is 14.5. The van der Waals surface area contributed by atoms with Gasteiger partial charge in [0.25, 0.3) is 0 Å². The first-order valence-electron chi connectivity index (χ1n) is 39.8. The van der Waals surface area contributed by atoms with Gasteiger partial charge in [-0.15, -0.1) is 20.4 Å². The predicted octanol–water partition coefficient (Wildman–Crippen LogP) is 14.1. The summed E-state index contributed by atoms with van der Waals surface area (Å²) >= 11 is 8.42. The van der Waals surface area contributed by atoms with Gasteiger partial charge in [-0.05, 0) is 228 Å². The molecule has 0 radical (unpaired) electrons. The van der Waals surface area contributed by atoms with E-state index in [0.29, 0.717) is 14.2 Å². The van der Waals surface area contributed by atoms with Crippen molar-refractivity contribution in [2.45, 2.75) is 219 Å². The van der Waals surface area contributed by atoms with Crippen molar-refractivity contribution in [2.75, 3.05) is 19.6 Å². The minimum absolute atomic E-state index is 0.0215. The van der Waals surface area contributed by atoms with Crippen molar-refractivity contribution in [2.24, 2.45) is 0 Å². The number of rotatable bonds is 18. The van der Waals surface area contributed by atoms with Gasteiger partial charge in [-0.1, -0.05) is 39.7 Å². The number of carbonyl (C=O) groups is 3. The summed E-state index contributed by atoms with van der Waals surface area (Å²) < 4.78 is 314. The van der Waals surface area contributed by atoms with Crippen LogP contribution in [0.5, 0.6) is 0 Å². The maximum Gasteiger partial charge on any atom is 0.494 e. The number of carbonyl (C=O) groups excluding carboxylic acids is 3. The zero-order valence-corrected chi connectivity index (χ0v) is 76.2. The molecule has 8 heterocycles. The summed E-state index contributed by atoms with van der Waals surface area (Å²) in [6.07, 6.45) is -14.9. The van der Waals surface area contributed by atoms with E-state index in [0.717, 1.165) is 112 Å². The molecule has 14 rings (SSSR count). The second-order valence-electron chi connectivity index (χ2n) is 33.6. The van der Waals surface area contributed by atoms with Gasteiger partial charge in [0, 0.05) is 85.3 Å². The average molecular weight is 1980 g/mol. The third-order valence-corrected chi connectivity index (χ3v) is 29.1. The summed E-state index contributed by atoms with van der Waals surface area (Å²) in [6.45, 7) is 21.3. The van der Waals surface area contributed by atoms with Crippen LogP contribution in [-0.2, 0) is 104 Å². The molecular weight excluding hydrogens is 1890 g/mol. The predicted molar refractivity (Wildman–Crippen MR) is 449 cm³/mol. The van der Waals surface area contributed by atoms with Crippen LogP contribution in [0.2, 0.25) is 5.15 Å². The topological polar surface area (TPSA) is 306 Å². The van der Waals surface area contributed by atoms with Gasteiger partial charge in [-0.25, -0.2) is 64.8 Å². The first kappa shape index (κ1) is 103. The third-order valence-electron chi connectivity index (χ3n) is 22.7. The van der Waals surface area contributed by atoms with Crippen molar-refractivity contribution in [3.05, 3.63) is 224 Å². The molecule has 3 N–H and O–H groups in total. The normalized spacial score (nSPS) is 21.7. The molecular formula is C82H88B3BrClF15N10O15S3. The number of alkyl halides is 9. The Morgan fingerprint density at radius 3 is 1.05 bits per heavy atom. The van der Waals surface area contributed by atoms with E-state index in [1.807, 2.05) is 83.1 Å². The molecule has 0 aliphatic carbocycles. The zero-order chi connectivity index (χ0) is 96.4. The molecule has 130 heavy (non-hydrogen) atoms. The van der Waals surface area contributed by atoms with Crippen LogP contribution in [0, 0.1) is 34.9 Å². The lowest BCUT2D eigenvalue weighted by Gasteiger charge is -2.32. The largest absolute Gasteiger partial charge is 0.494 e. The van der Waals surface area contributed by atoms with Crippen LogP contribution in [0.4, 0.5) is 65.9 Å². The SMILES string of the molecule is CC1(C)OB(B2OC(C)(C)C(C)(C)O2)OC1(C)C.CC1(C)OB(c2ccc(F)c(CNC(=O)[C@@H]3C[C@@H](F)CN3S(=O)(=O)c3ccc(F)cc3)c2)OC1(C)C.FC(F)(F)c1ccc(Cl)nn1.O=C(NCc1cc(-c2ccc(C(F)(F)F)nn2)ccc1F)[C@@H]1C[C@@H](F)CN1S(=O)(=O)c1ccc(F)cc1.O=C(NCc1cc(Br)ccc1F)[C@@H]1C[C@@H](F)CN1S(=O)(=O)c1ccc(F)cc1. The Labute approximate surface area is 754 Å². The lowest BCUT2D eigenvalue weighted by Crippen LogP contribution is -2.45. The Kier molecular flexibility index (Phi) is 32.0. The quantitative estimate of drug-likeness (QED) is 0.0531. The van der Waals surface area contributed by atoms with E-state index in [1.54, 1.807) is 0 Å². The van der Waals surface area contributed by atoms with Crippen LogP contribution in [-0.4, -0.2) is 187 Å². The Morgan fingerprint density at radius 2 is 0.723 bits per heavy atom. The Balaban J connectivity index is 0.000000177. The second-order valence-corrected chi connectivity index (χ2v) is 40.5. The Morgan fingerprint density at radius 1 is 0.415 bits per heavy atom. The van der Waals surface area contributed by atoms with Crippen molar-refractivity contribution in [1.29, 1.82) is 0 Å². The summed E-state index contributed by atoms with van der Waals surface area (Å²) in [5.41, 5.74) is -3.80. The highest BCUT2D eigenvalue weighted by atomic mass is 79.9.